The third-order valence-electron chi connectivity index (χ3n) is 5.52. The molecule has 1 saturated carbocycles. The third kappa shape index (κ3) is 3.75. The summed E-state index contributed by atoms with van der Waals surface area (Å²) < 4.78 is 29.9. The highest BCUT2D eigenvalue weighted by molar-refractivity contribution is 7.89. The van der Waals surface area contributed by atoms with E-state index in [1.807, 2.05) is 19.1 Å². The number of benzene rings is 2. The van der Waals surface area contributed by atoms with E-state index in [1.54, 1.807) is 19.2 Å². The average Bonchev–Trinajstić information content (AvgIpc) is 3.54. The number of sulfonamides is 1. The van der Waals surface area contributed by atoms with Crippen molar-refractivity contribution in [1.29, 1.82) is 0 Å². The van der Waals surface area contributed by atoms with Crippen molar-refractivity contribution in [1.82, 2.24) is 8.87 Å². The molecule has 0 aliphatic heterocycles. The molecule has 30 heavy (non-hydrogen) atoms. The minimum atomic E-state index is -3.52. The van der Waals surface area contributed by atoms with Gasteiger partial charge >= 0.3 is 0 Å². The smallest absolute Gasteiger partial charge is 0.279 e. The number of thiazole rings is 1. The van der Waals surface area contributed by atoms with Gasteiger partial charge in [-0.15, -0.1) is 0 Å². The number of para-hydroxylation sites is 1. The number of carbonyl (C=O) groups is 1. The molecule has 1 heterocycles. The van der Waals surface area contributed by atoms with E-state index in [1.165, 1.54) is 33.3 Å². The molecule has 0 N–H and O–H groups in total. The molecule has 2 aromatic carbocycles. The maximum Gasteiger partial charge on any atom is 0.279 e. The van der Waals surface area contributed by atoms with E-state index < -0.39 is 10.0 Å². The Hall–Kier alpha value is -2.29. The fourth-order valence-electron chi connectivity index (χ4n) is 3.59. The van der Waals surface area contributed by atoms with Crippen LogP contribution in [-0.2, 0) is 23.0 Å². The summed E-state index contributed by atoms with van der Waals surface area (Å²) in [4.78, 5) is 18.0. The van der Waals surface area contributed by atoms with Crippen LogP contribution in [0.5, 0.6) is 0 Å². The molecule has 0 unspecified atom stereocenters. The fourth-order valence-corrected chi connectivity index (χ4v) is 6.15. The zero-order valence-corrected chi connectivity index (χ0v) is 19.0. The van der Waals surface area contributed by atoms with Gasteiger partial charge in [-0.2, -0.15) is 9.30 Å². The van der Waals surface area contributed by atoms with E-state index in [4.69, 9.17) is 0 Å². The quantitative estimate of drug-likeness (QED) is 0.582. The van der Waals surface area contributed by atoms with Gasteiger partial charge in [0.15, 0.2) is 4.80 Å². The van der Waals surface area contributed by atoms with Crippen LogP contribution in [0.15, 0.2) is 52.4 Å². The van der Waals surface area contributed by atoms with Crippen molar-refractivity contribution in [2.24, 2.45) is 4.99 Å². The first kappa shape index (κ1) is 21.0. The lowest BCUT2D eigenvalue weighted by Gasteiger charge is -2.16. The average molecular weight is 444 g/mol. The second-order valence-corrected chi connectivity index (χ2v) is 10.4. The molecule has 0 saturated heterocycles. The zero-order chi connectivity index (χ0) is 21.5. The van der Waals surface area contributed by atoms with Crippen LogP contribution >= 0.6 is 11.3 Å². The monoisotopic (exact) mass is 443 g/mol. The lowest BCUT2D eigenvalue weighted by Crippen LogP contribution is -2.28. The number of nitrogens with zero attached hydrogens (tertiary/aromatic N) is 3. The SMILES string of the molecule is CCc1cccc2sc(=NC(=O)c3ccc(S(=O)(=O)N(C)C4CC4)cc3)n(CC)c12. The van der Waals surface area contributed by atoms with Crippen molar-refractivity contribution in [3.8, 4) is 0 Å². The lowest BCUT2D eigenvalue weighted by atomic mass is 10.1. The normalized spacial score (nSPS) is 15.3. The first-order valence-corrected chi connectivity index (χ1v) is 12.4. The first-order chi connectivity index (χ1) is 14.4. The van der Waals surface area contributed by atoms with Crippen molar-refractivity contribution in [2.45, 2.75) is 50.6 Å². The van der Waals surface area contributed by atoms with Gasteiger partial charge in [0, 0.05) is 25.2 Å². The van der Waals surface area contributed by atoms with Gasteiger partial charge in [-0.05, 0) is 62.1 Å². The Labute approximate surface area is 180 Å². The molecule has 3 aromatic rings. The molecule has 1 fully saturated rings. The number of hydrogen-bond donors (Lipinski definition) is 0. The minimum absolute atomic E-state index is 0.0942. The standard InChI is InChI=1S/C22H25N3O3S2/c1-4-15-7-6-8-19-20(15)25(5-2)22(29-19)23-21(26)16-9-13-18(14-10-16)30(27,28)24(3)17-11-12-17/h6-10,13-14,17H,4-5,11-12H2,1-3H3. The van der Waals surface area contributed by atoms with Gasteiger partial charge in [-0.3, -0.25) is 4.79 Å². The topological polar surface area (TPSA) is 71.7 Å². The van der Waals surface area contributed by atoms with Gasteiger partial charge in [-0.1, -0.05) is 30.4 Å². The largest absolute Gasteiger partial charge is 0.316 e. The predicted octanol–water partition coefficient (Wildman–Crippen LogP) is 3.81. The van der Waals surface area contributed by atoms with Crippen LogP contribution in [0.4, 0.5) is 0 Å². The summed E-state index contributed by atoms with van der Waals surface area (Å²) >= 11 is 1.50. The maximum atomic E-state index is 12.8. The molecule has 1 aliphatic carbocycles. The molecule has 1 amide bonds. The van der Waals surface area contributed by atoms with E-state index in [0.29, 0.717) is 16.9 Å². The number of hydrogen-bond acceptors (Lipinski definition) is 4. The summed E-state index contributed by atoms with van der Waals surface area (Å²) in [7, 11) is -1.92. The van der Waals surface area contributed by atoms with Gasteiger partial charge in [-0.25, -0.2) is 8.42 Å². The number of aromatic nitrogens is 1. The number of carbonyl (C=O) groups excluding carboxylic acids is 1. The van der Waals surface area contributed by atoms with Crippen LogP contribution in [0.1, 0.15) is 42.6 Å². The maximum absolute atomic E-state index is 12.8. The highest BCUT2D eigenvalue weighted by atomic mass is 32.2. The van der Waals surface area contributed by atoms with E-state index in [-0.39, 0.29) is 16.8 Å². The predicted molar refractivity (Wildman–Crippen MR) is 119 cm³/mol. The molecule has 0 radical (unpaired) electrons. The second kappa shape index (κ2) is 8.09. The Morgan fingerprint density at radius 3 is 2.47 bits per heavy atom. The summed E-state index contributed by atoms with van der Waals surface area (Å²) in [5, 5.41) is 0. The molecule has 1 aliphatic rings. The highest BCUT2D eigenvalue weighted by Gasteiger charge is 2.35. The number of fused-ring (bicyclic) bond motifs is 1. The Kier molecular flexibility index (Phi) is 5.65. The van der Waals surface area contributed by atoms with Crippen molar-refractivity contribution >= 4 is 37.5 Å². The molecule has 0 atom stereocenters. The summed E-state index contributed by atoms with van der Waals surface area (Å²) in [5.74, 6) is -0.374. The molecular weight excluding hydrogens is 418 g/mol. The van der Waals surface area contributed by atoms with Gasteiger partial charge in [0.1, 0.15) is 0 Å². The molecule has 4 rings (SSSR count). The molecule has 0 spiro atoms. The number of aryl methyl sites for hydroxylation is 2. The van der Waals surface area contributed by atoms with Crippen molar-refractivity contribution in [3.63, 3.8) is 0 Å². The van der Waals surface area contributed by atoms with Crippen LogP contribution in [0, 0.1) is 0 Å². The molecule has 1 aromatic heterocycles. The van der Waals surface area contributed by atoms with E-state index in [0.717, 1.165) is 29.5 Å². The number of amides is 1. The van der Waals surface area contributed by atoms with Crippen molar-refractivity contribution < 1.29 is 13.2 Å². The van der Waals surface area contributed by atoms with Crippen molar-refractivity contribution in [3.05, 3.63) is 58.4 Å². The van der Waals surface area contributed by atoms with E-state index in [9.17, 15) is 13.2 Å². The Bertz CT molecular complexity index is 1270. The van der Waals surface area contributed by atoms with Crippen LogP contribution in [-0.4, -0.2) is 36.3 Å². The fraction of sp³-hybridized carbons (Fsp3) is 0.364. The molecular formula is C22H25N3O3S2. The zero-order valence-electron chi connectivity index (χ0n) is 17.3. The number of rotatable bonds is 6. The summed E-state index contributed by atoms with van der Waals surface area (Å²) in [6.45, 7) is 4.87. The van der Waals surface area contributed by atoms with Gasteiger partial charge in [0.2, 0.25) is 10.0 Å². The van der Waals surface area contributed by atoms with Crippen LogP contribution in [0.2, 0.25) is 0 Å². The molecule has 158 valence electrons. The van der Waals surface area contributed by atoms with Gasteiger partial charge < -0.3 is 4.57 Å². The Balaban J connectivity index is 1.68. The Morgan fingerprint density at radius 1 is 1.17 bits per heavy atom. The molecule has 6 nitrogen and oxygen atoms in total. The van der Waals surface area contributed by atoms with Crippen LogP contribution < -0.4 is 4.80 Å². The van der Waals surface area contributed by atoms with Gasteiger partial charge in [0.05, 0.1) is 15.1 Å². The van der Waals surface area contributed by atoms with Crippen LogP contribution in [0.25, 0.3) is 10.2 Å². The second-order valence-electron chi connectivity index (χ2n) is 7.44. The summed E-state index contributed by atoms with van der Waals surface area (Å²) in [5.41, 5.74) is 2.73. The Morgan fingerprint density at radius 2 is 1.87 bits per heavy atom. The highest BCUT2D eigenvalue weighted by Crippen LogP contribution is 2.30. The molecule has 0 bridgehead atoms. The minimum Gasteiger partial charge on any atom is -0.316 e. The van der Waals surface area contributed by atoms with Crippen molar-refractivity contribution in [2.75, 3.05) is 7.05 Å². The van der Waals surface area contributed by atoms with Gasteiger partial charge in [0.25, 0.3) is 5.91 Å². The van der Waals surface area contributed by atoms with Crippen LogP contribution in [0.3, 0.4) is 0 Å². The first-order valence-electron chi connectivity index (χ1n) is 10.1. The summed E-state index contributed by atoms with van der Waals surface area (Å²) in [6, 6.07) is 12.3. The third-order valence-corrected chi connectivity index (χ3v) is 8.49. The molecule has 8 heteroatoms. The van der Waals surface area contributed by atoms with E-state index in [2.05, 4.69) is 22.5 Å². The van der Waals surface area contributed by atoms with E-state index >= 15 is 0 Å². The summed E-state index contributed by atoms with van der Waals surface area (Å²) in [6.07, 6.45) is 2.71. The lowest BCUT2D eigenvalue weighted by molar-refractivity contribution is 0.0997.